The van der Waals surface area contributed by atoms with Gasteiger partial charge in [0.2, 0.25) is 10.0 Å². The van der Waals surface area contributed by atoms with Crippen molar-refractivity contribution in [2.75, 3.05) is 6.54 Å². The molecule has 2 N–H and O–H groups in total. The normalized spacial score (nSPS) is 13.0. The monoisotopic (exact) mass is 373 g/mol. The first kappa shape index (κ1) is 18.2. The van der Waals surface area contributed by atoms with E-state index in [1.54, 1.807) is 31.2 Å². The molecule has 0 aliphatic carbocycles. The zero-order valence-corrected chi connectivity index (χ0v) is 15.0. The molecule has 2 heterocycles. The fourth-order valence-corrected chi connectivity index (χ4v) is 3.86. The average Bonchev–Trinajstić information content (AvgIpc) is 2.61. The molecule has 2 aromatic heterocycles. The Morgan fingerprint density at radius 2 is 1.96 bits per heavy atom. The van der Waals surface area contributed by atoms with Crippen molar-refractivity contribution in [2.24, 2.45) is 0 Å². The summed E-state index contributed by atoms with van der Waals surface area (Å²) in [5.74, 6) is 0. The lowest BCUT2D eigenvalue weighted by Gasteiger charge is -2.14. The summed E-state index contributed by atoms with van der Waals surface area (Å²) in [5.41, 5.74) is 0.834. The van der Waals surface area contributed by atoms with Crippen molar-refractivity contribution in [1.29, 1.82) is 0 Å². The summed E-state index contributed by atoms with van der Waals surface area (Å²) in [6.07, 6.45) is 0.492. The zero-order valence-electron chi connectivity index (χ0n) is 14.2. The van der Waals surface area contributed by atoms with Gasteiger partial charge in [0.1, 0.15) is 4.90 Å². The van der Waals surface area contributed by atoms with Crippen LogP contribution >= 0.6 is 0 Å². The Morgan fingerprint density at radius 3 is 2.73 bits per heavy atom. The molecule has 0 spiro atoms. The highest BCUT2D eigenvalue weighted by atomic mass is 32.2. The number of rotatable bonds is 6. The van der Waals surface area contributed by atoms with E-state index >= 15 is 0 Å². The Morgan fingerprint density at radius 1 is 1.15 bits per heavy atom. The van der Waals surface area contributed by atoms with Crippen LogP contribution in [0.15, 0.2) is 64.4 Å². The third-order valence-corrected chi connectivity index (χ3v) is 5.38. The first-order chi connectivity index (χ1) is 12.4. The van der Waals surface area contributed by atoms with Gasteiger partial charge in [-0.25, -0.2) is 13.1 Å². The van der Waals surface area contributed by atoms with Gasteiger partial charge in [-0.1, -0.05) is 24.3 Å². The smallest absolute Gasteiger partial charge is 0.250 e. The van der Waals surface area contributed by atoms with Crippen LogP contribution in [0.1, 0.15) is 5.69 Å². The molecule has 26 heavy (non-hydrogen) atoms. The predicted molar refractivity (Wildman–Crippen MR) is 98.4 cm³/mol. The molecule has 0 amide bonds. The fourth-order valence-electron chi connectivity index (χ4n) is 2.62. The number of hydrogen-bond acceptors (Lipinski definition) is 5. The Bertz CT molecular complexity index is 1090. The molecular weight excluding hydrogens is 354 g/mol. The van der Waals surface area contributed by atoms with Crippen LogP contribution in [0, 0.1) is 6.92 Å². The molecule has 7 nitrogen and oxygen atoms in total. The van der Waals surface area contributed by atoms with Gasteiger partial charge < -0.3 is 9.67 Å². The van der Waals surface area contributed by atoms with Gasteiger partial charge in [0.25, 0.3) is 5.56 Å². The number of fused-ring (bicyclic) bond motifs is 1. The summed E-state index contributed by atoms with van der Waals surface area (Å²) >= 11 is 0. The van der Waals surface area contributed by atoms with E-state index in [0.717, 1.165) is 5.39 Å². The van der Waals surface area contributed by atoms with Gasteiger partial charge >= 0.3 is 0 Å². The van der Waals surface area contributed by atoms with Crippen molar-refractivity contribution < 1.29 is 13.5 Å². The molecule has 0 aliphatic heterocycles. The maximum atomic E-state index is 12.7. The molecule has 1 aromatic carbocycles. The van der Waals surface area contributed by atoms with Crippen LogP contribution in [0.5, 0.6) is 0 Å². The maximum absolute atomic E-state index is 12.7. The second kappa shape index (κ2) is 7.36. The second-order valence-electron chi connectivity index (χ2n) is 5.98. The van der Waals surface area contributed by atoms with Crippen molar-refractivity contribution in [3.05, 3.63) is 70.8 Å². The molecule has 3 rings (SSSR count). The quantitative estimate of drug-likeness (QED) is 0.672. The van der Waals surface area contributed by atoms with Crippen molar-refractivity contribution in [2.45, 2.75) is 24.5 Å². The molecule has 0 saturated heterocycles. The predicted octanol–water partition coefficient (Wildman–Crippen LogP) is 1.04. The summed E-state index contributed by atoms with van der Waals surface area (Å²) in [6.45, 7) is 1.57. The summed E-state index contributed by atoms with van der Waals surface area (Å²) < 4.78 is 29.0. The highest BCUT2D eigenvalue weighted by Gasteiger charge is 2.19. The van der Waals surface area contributed by atoms with Crippen LogP contribution in [0.25, 0.3) is 10.9 Å². The van der Waals surface area contributed by atoms with Gasteiger partial charge in [0, 0.05) is 29.9 Å². The van der Waals surface area contributed by atoms with Gasteiger partial charge in [0.15, 0.2) is 0 Å². The number of aromatic nitrogens is 2. The molecule has 3 aromatic rings. The van der Waals surface area contributed by atoms with E-state index in [1.165, 1.54) is 22.9 Å². The van der Waals surface area contributed by atoms with Crippen LogP contribution in [-0.2, 0) is 16.6 Å². The first-order valence-electron chi connectivity index (χ1n) is 8.06. The van der Waals surface area contributed by atoms with Crippen LogP contribution in [0.3, 0.4) is 0 Å². The Labute approximate surface area is 151 Å². The third kappa shape index (κ3) is 3.98. The lowest BCUT2D eigenvalue weighted by molar-refractivity contribution is 0.156. The van der Waals surface area contributed by atoms with Crippen LogP contribution in [0.4, 0.5) is 0 Å². The van der Waals surface area contributed by atoms with E-state index in [9.17, 15) is 18.3 Å². The van der Waals surface area contributed by atoms with E-state index in [0.29, 0.717) is 11.2 Å². The van der Waals surface area contributed by atoms with Crippen molar-refractivity contribution in [3.63, 3.8) is 0 Å². The number of nitrogens with one attached hydrogen (secondary N) is 1. The second-order valence-corrected chi connectivity index (χ2v) is 7.71. The van der Waals surface area contributed by atoms with Gasteiger partial charge in [-0.2, -0.15) is 0 Å². The number of aryl methyl sites for hydroxylation is 1. The molecule has 0 saturated carbocycles. The van der Waals surface area contributed by atoms with E-state index < -0.39 is 16.1 Å². The minimum Gasteiger partial charge on any atom is -0.390 e. The lowest BCUT2D eigenvalue weighted by Crippen LogP contribution is -2.36. The SMILES string of the molecule is Cc1ccc2cccc(S(=O)(=O)NCC(O)Cn3ccccc3=O)c2n1. The summed E-state index contributed by atoms with van der Waals surface area (Å²) in [6, 6.07) is 13.2. The van der Waals surface area contributed by atoms with Gasteiger partial charge in [-0.3, -0.25) is 9.78 Å². The Hall–Kier alpha value is -2.55. The highest BCUT2D eigenvalue weighted by Crippen LogP contribution is 2.21. The molecule has 1 unspecified atom stereocenters. The van der Waals surface area contributed by atoms with Crippen LogP contribution in [-0.4, -0.2) is 35.7 Å². The van der Waals surface area contributed by atoms with E-state index in [4.69, 9.17) is 0 Å². The Kier molecular flexibility index (Phi) is 5.17. The molecular formula is C18H19N3O4S. The summed E-state index contributed by atoms with van der Waals surface area (Å²) in [5, 5.41) is 10.8. The number of para-hydroxylation sites is 1. The minimum atomic E-state index is -3.86. The molecule has 8 heteroatoms. The largest absolute Gasteiger partial charge is 0.390 e. The summed E-state index contributed by atoms with van der Waals surface area (Å²) in [7, 11) is -3.86. The molecule has 0 radical (unpaired) electrons. The molecule has 1 atom stereocenters. The Balaban J connectivity index is 1.78. The van der Waals surface area contributed by atoms with Crippen molar-refractivity contribution in [1.82, 2.24) is 14.3 Å². The summed E-state index contributed by atoms with van der Waals surface area (Å²) in [4.78, 5) is 16.0. The molecule has 0 bridgehead atoms. The van der Waals surface area contributed by atoms with E-state index in [-0.39, 0.29) is 23.5 Å². The first-order valence-corrected chi connectivity index (χ1v) is 9.55. The van der Waals surface area contributed by atoms with Crippen LogP contribution in [0.2, 0.25) is 0 Å². The fraction of sp³-hybridized carbons (Fsp3) is 0.222. The molecule has 0 fully saturated rings. The van der Waals surface area contributed by atoms with Gasteiger partial charge in [-0.05, 0) is 25.1 Å². The van der Waals surface area contributed by atoms with Crippen LogP contribution < -0.4 is 10.3 Å². The number of benzene rings is 1. The third-order valence-electron chi connectivity index (χ3n) is 3.93. The number of aliphatic hydroxyl groups is 1. The van der Waals surface area contributed by atoms with Gasteiger partial charge in [-0.15, -0.1) is 0 Å². The van der Waals surface area contributed by atoms with Gasteiger partial charge in [0.05, 0.1) is 18.2 Å². The number of pyridine rings is 2. The van der Waals surface area contributed by atoms with E-state index in [2.05, 4.69) is 9.71 Å². The van der Waals surface area contributed by atoms with Crippen molar-refractivity contribution in [3.8, 4) is 0 Å². The molecule has 0 aliphatic rings. The zero-order chi connectivity index (χ0) is 18.7. The number of sulfonamides is 1. The highest BCUT2D eigenvalue weighted by molar-refractivity contribution is 7.89. The topological polar surface area (TPSA) is 101 Å². The standard InChI is InChI=1S/C18H19N3O4S/c1-13-8-9-14-5-4-6-16(18(14)20-13)26(24,25)19-11-15(22)12-21-10-3-2-7-17(21)23/h2-10,15,19,22H,11-12H2,1H3. The average molecular weight is 373 g/mol. The number of hydrogen-bond donors (Lipinski definition) is 2. The maximum Gasteiger partial charge on any atom is 0.250 e. The number of aliphatic hydroxyl groups excluding tert-OH is 1. The van der Waals surface area contributed by atoms with Crippen molar-refractivity contribution >= 4 is 20.9 Å². The molecule has 136 valence electrons. The lowest BCUT2D eigenvalue weighted by atomic mass is 10.2. The minimum absolute atomic E-state index is 0.00487. The van der Waals surface area contributed by atoms with E-state index in [1.807, 2.05) is 12.1 Å². The number of nitrogens with zero attached hydrogens (tertiary/aromatic N) is 2.